The average Bonchev–Trinajstić information content (AvgIpc) is 3.47. The Morgan fingerprint density at radius 1 is 1.17 bits per heavy atom. The van der Waals surface area contributed by atoms with Crippen LogP contribution in [-0.2, 0) is 42.9 Å². The number of amides is 1. The minimum Gasteiger partial charge on any atom is -0.396 e. The van der Waals surface area contributed by atoms with Crippen molar-refractivity contribution < 1.29 is 27.8 Å². The molecule has 2 fully saturated rings. The molecule has 6 rings (SSSR count). The highest BCUT2D eigenvalue weighted by molar-refractivity contribution is 6.10. The first-order chi connectivity index (χ1) is 19.6. The minimum absolute atomic E-state index is 0.0117. The van der Waals surface area contributed by atoms with Gasteiger partial charge in [-0.25, -0.2) is 0 Å². The second kappa shape index (κ2) is 10.5. The number of nitrogens with zero attached hydrogens (tertiary/aromatic N) is 5. The van der Waals surface area contributed by atoms with Gasteiger partial charge < -0.3 is 19.3 Å². The van der Waals surface area contributed by atoms with Gasteiger partial charge in [0, 0.05) is 56.4 Å². The zero-order valence-corrected chi connectivity index (χ0v) is 23.2. The number of rotatable bonds is 7. The van der Waals surface area contributed by atoms with Crippen molar-refractivity contribution in [2.75, 3.05) is 37.8 Å². The zero-order valence-electron chi connectivity index (χ0n) is 23.2. The van der Waals surface area contributed by atoms with Gasteiger partial charge in [0.05, 0.1) is 25.3 Å². The number of hydrogen-bond acceptors (Lipinski definition) is 6. The van der Waals surface area contributed by atoms with Gasteiger partial charge in [-0.2, -0.15) is 13.2 Å². The standard InChI is InChI=1S/C30H34F3N5O3/c1-19-6-21(15-39)13-37(11-19)12-20-7-24-25(26(8-20)30(31,32)33)14-38(28(24)40)23-5-3-4-22(9-23)29(16-41-17-29)10-27-35-34-18-36(27)2/h3-5,7-9,18-19,21,39H,6,10-17H2,1-2H3/t19-,21-/m0/s1. The Morgan fingerprint density at radius 3 is 2.63 bits per heavy atom. The van der Waals surface area contributed by atoms with Crippen LogP contribution >= 0.6 is 0 Å². The summed E-state index contributed by atoms with van der Waals surface area (Å²) in [4.78, 5) is 17.2. The van der Waals surface area contributed by atoms with Crippen molar-refractivity contribution in [1.82, 2.24) is 19.7 Å². The number of hydrogen-bond donors (Lipinski definition) is 1. The van der Waals surface area contributed by atoms with E-state index in [2.05, 4.69) is 22.0 Å². The molecule has 0 saturated carbocycles. The maximum Gasteiger partial charge on any atom is 0.416 e. The van der Waals surface area contributed by atoms with Crippen LogP contribution in [0.15, 0.2) is 42.7 Å². The van der Waals surface area contributed by atoms with Crippen molar-refractivity contribution in [3.63, 3.8) is 0 Å². The predicted molar refractivity (Wildman–Crippen MR) is 145 cm³/mol. The van der Waals surface area contributed by atoms with Crippen LogP contribution in [0.5, 0.6) is 0 Å². The summed E-state index contributed by atoms with van der Waals surface area (Å²) in [7, 11) is 1.88. The fourth-order valence-electron chi connectivity index (χ4n) is 6.63. The van der Waals surface area contributed by atoms with Crippen LogP contribution < -0.4 is 4.90 Å². The Morgan fingerprint density at radius 2 is 1.98 bits per heavy atom. The second-order valence-electron chi connectivity index (χ2n) is 12.0. The van der Waals surface area contributed by atoms with E-state index in [1.807, 2.05) is 29.8 Å². The molecule has 0 radical (unpaired) electrons. The Balaban J connectivity index is 1.30. The molecular formula is C30H34F3N5O3. The first kappa shape index (κ1) is 27.9. The summed E-state index contributed by atoms with van der Waals surface area (Å²) in [6.07, 6.45) is -1.47. The number of carbonyl (C=O) groups excluding carboxylic acids is 1. The predicted octanol–water partition coefficient (Wildman–Crippen LogP) is 3.96. The molecule has 0 spiro atoms. The number of aryl methyl sites for hydroxylation is 1. The molecule has 1 amide bonds. The van der Waals surface area contributed by atoms with E-state index in [-0.39, 0.29) is 35.6 Å². The van der Waals surface area contributed by atoms with Crippen LogP contribution in [0.25, 0.3) is 0 Å². The summed E-state index contributed by atoms with van der Waals surface area (Å²) in [6.45, 7) is 4.60. The highest BCUT2D eigenvalue weighted by Gasteiger charge is 2.43. The summed E-state index contributed by atoms with van der Waals surface area (Å²) in [5, 5.41) is 17.8. The molecule has 1 N–H and O–H groups in total. The van der Waals surface area contributed by atoms with Crippen molar-refractivity contribution in [2.24, 2.45) is 18.9 Å². The number of carbonyl (C=O) groups is 1. The summed E-state index contributed by atoms with van der Waals surface area (Å²) in [6, 6.07) is 10.3. The Labute approximate surface area is 236 Å². The maximum absolute atomic E-state index is 14.3. The minimum atomic E-state index is -4.59. The number of piperidine rings is 1. The van der Waals surface area contributed by atoms with Gasteiger partial charge in [-0.05, 0) is 59.2 Å². The largest absolute Gasteiger partial charge is 0.416 e. The molecule has 3 aromatic rings. The van der Waals surface area contributed by atoms with Crippen LogP contribution in [0.2, 0.25) is 0 Å². The Kier molecular flexibility index (Phi) is 7.15. The molecular weight excluding hydrogens is 535 g/mol. The van der Waals surface area contributed by atoms with Crippen LogP contribution in [0.3, 0.4) is 0 Å². The normalized spacial score (nSPS) is 22.6. The highest BCUT2D eigenvalue weighted by atomic mass is 19.4. The fraction of sp³-hybridized carbons (Fsp3) is 0.500. The lowest BCUT2D eigenvalue weighted by atomic mass is 9.75. The van der Waals surface area contributed by atoms with Gasteiger partial charge in [-0.3, -0.25) is 9.69 Å². The van der Waals surface area contributed by atoms with Crippen LogP contribution in [-0.4, -0.2) is 63.6 Å². The number of aromatic nitrogens is 3. The number of benzene rings is 2. The third-order valence-electron chi connectivity index (χ3n) is 8.72. The van der Waals surface area contributed by atoms with Crippen molar-refractivity contribution in [3.8, 4) is 0 Å². The Hall–Kier alpha value is -3.28. The molecule has 1 aromatic heterocycles. The smallest absolute Gasteiger partial charge is 0.396 e. The summed E-state index contributed by atoms with van der Waals surface area (Å²) in [5.41, 5.74) is 0.962. The van der Waals surface area contributed by atoms with Crippen molar-refractivity contribution in [3.05, 3.63) is 76.4 Å². The van der Waals surface area contributed by atoms with Crippen molar-refractivity contribution >= 4 is 11.6 Å². The highest BCUT2D eigenvalue weighted by Crippen LogP contribution is 2.42. The summed E-state index contributed by atoms with van der Waals surface area (Å²) in [5.74, 6) is 0.800. The molecule has 8 nitrogen and oxygen atoms in total. The molecule has 2 atom stereocenters. The molecule has 0 unspecified atom stereocenters. The van der Waals surface area contributed by atoms with Gasteiger partial charge in [0.2, 0.25) is 0 Å². The molecule has 2 aromatic carbocycles. The number of aliphatic hydroxyl groups excluding tert-OH is 1. The molecule has 3 aliphatic rings. The number of aliphatic hydroxyl groups is 1. The lowest BCUT2D eigenvalue weighted by Gasteiger charge is -2.42. The quantitative estimate of drug-likeness (QED) is 0.464. The van der Waals surface area contributed by atoms with Crippen LogP contribution in [0, 0.1) is 11.8 Å². The van der Waals surface area contributed by atoms with E-state index in [0.717, 1.165) is 24.4 Å². The molecule has 11 heteroatoms. The molecule has 3 aliphatic heterocycles. The number of likely N-dealkylation sites (tertiary alicyclic amines) is 1. The van der Waals surface area contributed by atoms with E-state index in [0.29, 0.717) is 49.9 Å². The number of ether oxygens (including phenoxy) is 1. The lowest BCUT2D eigenvalue weighted by Crippen LogP contribution is -2.49. The number of alkyl halides is 3. The Bertz CT molecular complexity index is 1450. The molecule has 0 bridgehead atoms. The van der Waals surface area contributed by atoms with E-state index in [1.54, 1.807) is 18.5 Å². The SMILES string of the molecule is C[C@H]1C[C@H](CO)CN(Cc2cc3c(c(C(F)(F)F)c2)CN(c2cccc(C4(Cc5nncn5C)COC4)c2)C3=O)C1. The first-order valence-corrected chi connectivity index (χ1v) is 14.0. The first-order valence-electron chi connectivity index (χ1n) is 14.0. The fourth-order valence-corrected chi connectivity index (χ4v) is 6.63. The van der Waals surface area contributed by atoms with Gasteiger partial charge >= 0.3 is 6.18 Å². The molecule has 218 valence electrons. The summed E-state index contributed by atoms with van der Waals surface area (Å²) >= 11 is 0. The van der Waals surface area contributed by atoms with E-state index < -0.39 is 17.6 Å². The molecule has 4 heterocycles. The number of halogens is 3. The third kappa shape index (κ3) is 5.26. The zero-order chi connectivity index (χ0) is 28.9. The van der Waals surface area contributed by atoms with Gasteiger partial charge in [0.1, 0.15) is 12.2 Å². The van der Waals surface area contributed by atoms with Gasteiger partial charge in [0.15, 0.2) is 0 Å². The number of anilines is 1. The monoisotopic (exact) mass is 569 g/mol. The van der Waals surface area contributed by atoms with Crippen LogP contribution in [0.4, 0.5) is 18.9 Å². The van der Waals surface area contributed by atoms with E-state index in [1.165, 1.54) is 11.0 Å². The van der Waals surface area contributed by atoms with Gasteiger partial charge in [-0.15, -0.1) is 10.2 Å². The molecule has 0 aliphatic carbocycles. The van der Waals surface area contributed by atoms with Crippen molar-refractivity contribution in [2.45, 2.75) is 44.4 Å². The lowest BCUT2D eigenvalue weighted by molar-refractivity contribution is -0.138. The molecule has 2 saturated heterocycles. The molecule has 41 heavy (non-hydrogen) atoms. The maximum atomic E-state index is 14.3. The number of fused-ring (bicyclic) bond motifs is 1. The third-order valence-corrected chi connectivity index (χ3v) is 8.72. The van der Waals surface area contributed by atoms with E-state index in [9.17, 15) is 23.1 Å². The van der Waals surface area contributed by atoms with Crippen molar-refractivity contribution in [1.29, 1.82) is 0 Å². The van der Waals surface area contributed by atoms with E-state index >= 15 is 0 Å². The van der Waals surface area contributed by atoms with Crippen LogP contribution in [0.1, 0.15) is 51.8 Å². The van der Waals surface area contributed by atoms with Gasteiger partial charge in [-0.1, -0.05) is 19.1 Å². The van der Waals surface area contributed by atoms with E-state index in [4.69, 9.17) is 4.74 Å². The topological polar surface area (TPSA) is 83.7 Å². The second-order valence-corrected chi connectivity index (χ2v) is 12.0. The van der Waals surface area contributed by atoms with Gasteiger partial charge in [0.25, 0.3) is 5.91 Å². The average molecular weight is 570 g/mol. The summed E-state index contributed by atoms with van der Waals surface area (Å²) < 4.78 is 50.4.